The van der Waals surface area contributed by atoms with Crippen LogP contribution in [0, 0.1) is 0 Å². The van der Waals surface area contributed by atoms with Crippen molar-refractivity contribution in [2.45, 2.75) is 6.42 Å². The lowest BCUT2D eigenvalue weighted by molar-refractivity contribution is 1.06. The van der Waals surface area contributed by atoms with E-state index in [4.69, 9.17) is 0 Å². The van der Waals surface area contributed by atoms with Gasteiger partial charge in [0, 0.05) is 23.7 Å². The summed E-state index contributed by atoms with van der Waals surface area (Å²) in [5.74, 6) is 0. The molecule has 3 aromatic rings. The zero-order chi connectivity index (χ0) is 12.4. The molecule has 88 valence electrons. The molecule has 0 saturated heterocycles. The van der Waals surface area contributed by atoms with Crippen molar-refractivity contribution in [3.63, 3.8) is 0 Å². The molecule has 0 bridgehead atoms. The minimum atomic E-state index is 0.822. The van der Waals surface area contributed by atoms with Crippen LogP contribution in [0.15, 0.2) is 59.3 Å². The SMILES string of the molecule is Brc1cccc(Cc2ccnc3ccccc23)n1. The quantitative estimate of drug-likeness (QED) is 0.669. The van der Waals surface area contributed by atoms with Gasteiger partial charge in [0.15, 0.2) is 0 Å². The van der Waals surface area contributed by atoms with E-state index in [2.05, 4.69) is 38.0 Å². The topological polar surface area (TPSA) is 25.8 Å². The largest absolute Gasteiger partial charge is 0.256 e. The van der Waals surface area contributed by atoms with Crippen LogP contribution >= 0.6 is 15.9 Å². The Balaban J connectivity index is 2.05. The zero-order valence-corrected chi connectivity index (χ0v) is 11.3. The van der Waals surface area contributed by atoms with Crippen LogP contribution in [0.4, 0.5) is 0 Å². The van der Waals surface area contributed by atoms with Crippen LogP contribution in [0.5, 0.6) is 0 Å². The van der Waals surface area contributed by atoms with E-state index in [1.54, 1.807) is 0 Å². The minimum absolute atomic E-state index is 0.822. The van der Waals surface area contributed by atoms with Gasteiger partial charge in [-0.3, -0.25) is 4.98 Å². The number of rotatable bonds is 2. The molecular formula is C15H11BrN2. The molecule has 2 heterocycles. The van der Waals surface area contributed by atoms with Crippen molar-refractivity contribution < 1.29 is 0 Å². The van der Waals surface area contributed by atoms with E-state index < -0.39 is 0 Å². The highest BCUT2D eigenvalue weighted by Gasteiger charge is 2.03. The fourth-order valence-corrected chi connectivity index (χ4v) is 2.43. The number of para-hydroxylation sites is 1. The molecule has 0 saturated carbocycles. The third kappa shape index (κ3) is 2.27. The number of pyridine rings is 2. The van der Waals surface area contributed by atoms with Gasteiger partial charge < -0.3 is 0 Å². The molecule has 18 heavy (non-hydrogen) atoms. The molecule has 0 radical (unpaired) electrons. The van der Waals surface area contributed by atoms with Crippen LogP contribution in [0.3, 0.4) is 0 Å². The number of fused-ring (bicyclic) bond motifs is 1. The van der Waals surface area contributed by atoms with Gasteiger partial charge in [0.05, 0.1) is 5.52 Å². The third-order valence-corrected chi connectivity index (χ3v) is 3.33. The average molecular weight is 299 g/mol. The van der Waals surface area contributed by atoms with Crippen LogP contribution in [0.1, 0.15) is 11.3 Å². The van der Waals surface area contributed by atoms with Gasteiger partial charge in [0.2, 0.25) is 0 Å². The van der Waals surface area contributed by atoms with Crippen molar-refractivity contribution in [3.8, 4) is 0 Å². The minimum Gasteiger partial charge on any atom is -0.256 e. The average Bonchev–Trinajstić information content (AvgIpc) is 2.39. The van der Waals surface area contributed by atoms with Gasteiger partial charge in [-0.2, -0.15) is 0 Å². The molecule has 0 aliphatic heterocycles. The van der Waals surface area contributed by atoms with Gasteiger partial charge in [-0.15, -0.1) is 0 Å². The summed E-state index contributed by atoms with van der Waals surface area (Å²) in [4.78, 5) is 8.84. The van der Waals surface area contributed by atoms with E-state index in [1.165, 1.54) is 10.9 Å². The van der Waals surface area contributed by atoms with E-state index >= 15 is 0 Å². The van der Waals surface area contributed by atoms with Crippen LogP contribution in [0.2, 0.25) is 0 Å². The van der Waals surface area contributed by atoms with Crippen molar-refractivity contribution in [3.05, 3.63) is 70.6 Å². The molecule has 2 aromatic heterocycles. The summed E-state index contributed by atoms with van der Waals surface area (Å²) in [7, 11) is 0. The Morgan fingerprint density at radius 2 is 1.83 bits per heavy atom. The lowest BCUT2D eigenvalue weighted by Gasteiger charge is -2.05. The zero-order valence-electron chi connectivity index (χ0n) is 9.68. The molecule has 0 fully saturated rings. The van der Waals surface area contributed by atoms with E-state index in [1.807, 2.05) is 42.6 Å². The molecule has 0 aliphatic rings. The summed E-state index contributed by atoms with van der Waals surface area (Å²) in [5, 5.41) is 1.20. The Morgan fingerprint density at radius 1 is 0.944 bits per heavy atom. The molecule has 0 aliphatic carbocycles. The highest BCUT2D eigenvalue weighted by atomic mass is 79.9. The molecule has 3 heteroatoms. The predicted molar refractivity (Wildman–Crippen MR) is 76.5 cm³/mol. The second-order valence-corrected chi connectivity index (χ2v) is 4.93. The number of hydrogen-bond donors (Lipinski definition) is 0. The summed E-state index contributed by atoms with van der Waals surface area (Å²) in [6.07, 6.45) is 2.68. The Kier molecular flexibility index (Phi) is 3.07. The summed E-state index contributed by atoms with van der Waals surface area (Å²) in [6, 6.07) is 16.2. The lowest BCUT2D eigenvalue weighted by Crippen LogP contribution is -1.94. The first-order valence-corrected chi connectivity index (χ1v) is 6.56. The fourth-order valence-electron chi connectivity index (χ4n) is 2.05. The van der Waals surface area contributed by atoms with Crippen molar-refractivity contribution in [1.82, 2.24) is 9.97 Å². The highest BCUT2D eigenvalue weighted by molar-refractivity contribution is 9.10. The van der Waals surface area contributed by atoms with Gasteiger partial charge in [-0.05, 0) is 45.8 Å². The van der Waals surface area contributed by atoms with Crippen molar-refractivity contribution in [1.29, 1.82) is 0 Å². The van der Waals surface area contributed by atoms with Crippen LogP contribution in [-0.4, -0.2) is 9.97 Å². The van der Waals surface area contributed by atoms with E-state index in [-0.39, 0.29) is 0 Å². The first kappa shape index (κ1) is 11.4. The molecule has 0 amide bonds. The molecule has 3 rings (SSSR count). The van der Waals surface area contributed by atoms with E-state index in [0.717, 1.165) is 22.2 Å². The van der Waals surface area contributed by atoms with Crippen LogP contribution in [-0.2, 0) is 6.42 Å². The van der Waals surface area contributed by atoms with Gasteiger partial charge in [-0.25, -0.2) is 4.98 Å². The normalized spacial score (nSPS) is 10.7. The molecule has 2 nitrogen and oxygen atoms in total. The standard InChI is InChI=1S/C15H11BrN2/c16-15-7-3-4-12(18-15)10-11-8-9-17-14-6-2-1-5-13(11)14/h1-9H,10H2. The summed E-state index contributed by atoms with van der Waals surface area (Å²) >= 11 is 3.40. The summed E-state index contributed by atoms with van der Waals surface area (Å²) in [5.41, 5.74) is 3.34. The number of nitrogens with zero attached hydrogens (tertiary/aromatic N) is 2. The summed E-state index contributed by atoms with van der Waals surface area (Å²) in [6.45, 7) is 0. The highest BCUT2D eigenvalue weighted by Crippen LogP contribution is 2.19. The molecule has 0 atom stereocenters. The van der Waals surface area contributed by atoms with Gasteiger partial charge in [0.1, 0.15) is 4.60 Å². The third-order valence-electron chi connectivity index (χ3n) is 2.88. The van der Waals surface area contributed by atoms with Crippen LogP contribution in [0.25, 0.3) is 10.9 Å². The Labute approximate surface area is 114 Å². The maximum atomic E-state index is 4.47. The number of benzene rings is 1. The van der Waals surface area contributed by atoms with Gasteiger partial charge in [0.25, 0.3) is 0 Å². The first-order chi connectivity index (χ1) is 8.83. The van der Waals surface area contributed by atoms with Crippen molar-refractivity contribution >= 4 is 26.8 Å². The smallest absolute Gasteiger partial charge is 0.106 e. The Bertz CT molecular complexity index is 689. The van der Waals surface area contributed by atoms with Crippen molar-refractivity contribution in [2.24, 2.45) is 0 Å². The molecule has 0 spiro atoms. The maximum Gasteiger partial charge on any atom is 0.106 e. The number of hydrogen-bond acceptors (Lipinski definition) is 2. The number of halogens is 1. The Hall–Kier alpha value is -1.74. The molecule has 1 aromatic carbocycles. The first-order valence-electron chi connectivity index (χ1n) is 5.77. The monoisotopic (exact) mass is 298 g/mol. The maximum absolute atomic E-state index is 4.47. The van der Waals surface area contributed by atoms with Crippen LogP contribution < -0.4 is 0 Å². The predicted octanol–water partition coefficient (Wildman–Crippen LogP) is 3.98. The fraction of sp³-hybridized carbons (Fsp3) is 0.0667. The molecule has 0 N–H and O–H groups in total. The van der Waals surface area contributed by atoms with Gasteiger partial charge >= 0.3 is 0 Å². The molecule has 0 unspecified atom stereocenters. The van der Waals surface area contributed by atoms with E-state index in [9.17, 15) is 0 Å². The molecular weight excluding hydrogens is 288 g/mol. The second kappa shape index (κ2) is 4.86. The second-order valence-electron chi connectivity index (χ2n) is 4.12. The number of aromatic nitrogens is 2. The van der Waals surface area contributed by atoms with Gasteiger partial charge in [-0.1, -0.05) is 24.3 Å². The van der Waals surface area contributed by atoms with E-state index in [0.29, 0.717) is 0 Å². The van der Waals surface area contributed by atoms with Crippen molar-refractivity contribution in [2.75, 3.05) is 0 Å². The summed E-state index contributed by atoms with van der Waals surface area (Å²) < 4.78 is 0.873. The Morgan fingerprint density at radius 3 is 2.72 bits per heavy atom. The lowest BCUT2D eigenvalue weighted by atomic mass is 10.0.